The minimum absolute atomic E-state index is 0.969. The van der Waals surface area contributed by atoms with E-state index in [4.69, 9.17) is 5.73 Å². The standard InChI is InChI=1S/C13H24N2/c1-11(14)12-9-7-5-3-4-6-8-10-13(12)15-2/h3-10,14H2,1-2H3. The molecule has 0 aromatic heterocycles. The van der Waals surface area contributed by atoms with Gasteiger partial charge >= 0.3 is 0 Å². The number of aliphatic imine (C=N–C) groups is 1. The Morgan fingerprint density at radius 1 is 1.00 bits per heavy atom. The molecule has 1 rings (SSSR count). The van der Waals surface area contributed by atoms with E-state index in [9.17, 15) is 0 Å². The molecule has 2 heteroatoms. The molecule has 0 radical (unpaired) electrons. The van der Waals surface area contributed by atoms with Crippen molar-refractivity contribution < 1.29 is 0 Å². The summed E-state index contributed by atoms with van der Waals surface area (Å²) in [5, 5.41) is 0. The molecule has 2 nitrogen and oxygen atoms in total. The second-order valence-electron chi connectivity index (χ2n) is 4.45. The molecule has 1 fully saturated rings. The Balaban J connectivity index is 2.73. The van der Waals surface area contributed by atoms with Crippen molar-refractivity contribution in [1.29, 1.82) is 0 Å². The molecule has 0 bridgehead atoms. The largest absolute Gasteiger partial charge is 0.402 e. The molecule has 0 unspecified atom stereocenters. The summed E-state index contributed by atoms with van der Waals surface area (Å²) in [5.74, 6) is 0. The third-order valence-corrected chi connectivity index (χ3v) is 3.18. The number of allylic oxidation sites excluding steroid dienone is 2. The lowest BCUT2D eigenvalue weighted by Crippen LogP contribution is -2.11. The van der Waals surface area contributed by atoms with Crippen LogP contribution in [0.4, 0.5) is 0 Å². The lowest BCUT2D eigenvalue weighted by Gasteiger charge is -2.14. The quantitative estimate of drug-likeness (QED) is 0.651. The van der Waals surface area contributed by atoms with E-state index in [0.717, 1.165) is 18.5 Å². The number of hydrogen-bond acceptors (Lipinski definition) is 2. The number of nitrogens with two attached hydrogens (primary N) is 1. The molecule has 1 saturated carbocycles. The Morgan fingerprint density at radius 3 is 2.07 bits per heavy atom. The van der Waals surface area contributed by atoms with Gasteiger partial charge in [-0.1, -0.05) is 25.7 Å². The molecule has 0 amide bonds. The zero-order valence-electron chi connectivity index (χ0n) is 10.2. The molecule has 0 aromatic carbocycles. The highest BCUT2D eigenvalue weighted by Crippen LogP contribution is 2.20. The molecule has 15 heavy (non-hydrogen) atoms. The molecule has 0 saturated heterocycles. The Morgan fingerprint density at radius 2 is 1.53 bits per heavy atom. The van der Waals surface area contributed by atoms with Gasteiger partial charge in [-0.3, -0.25) is 4.99 Å². The normalized spacial score (nSPS) is 26.4. The number of rotatable bonds is 0. The molecule has 0 aliphatic heterocycles. The molecule has 86 valence electrons. The molecule has 0 atom stereocenters. The zero-order valence-corrected chi connectivity index (χ0v) is 10.2. The fourth-order valence-electron chi connectivity index (χ4n) is 2.27. The van der Waals surface area contributed by atoms with Crippen LogP contribution in [0.25, 0.3) is 0 Å². The zero-order chi connectivity index (χ0) is 11.1. The van der Waals surface area contributed by atoms with Crippen LogP contribution in [-0.2, 0) is 0 Å². The highest BCUT2D eigenvalue weighted by Gasteiger charge is 2.10. The summed E-state index contributed by atoms with van der Waals surface area (Å²) in [4.78, 5) is 4.40. The summed E-state index contributed by atoms with van der Waals surface area (Å²) in [6, 6.07) is 0. The average Bonchev–Trinajstić information content (AvgIpc) is 2.24. The van der Waals surface area contributed by atoms with Crippen molar-refractivity contribution in [2.45, 2.75) is 58.3 Å². The van der Waals surface area contributed by atoms with Gasteiger partial charge in [0.25, 0.3) is 0 Å². The molecule has 0 aromatic rings. The summed E-state index contributed by atoms with van der Waals surface area (Å²) in [5.41, 5.74) is 9.48. The van der Waals surface area contributed by atoms with Gasteiger partial charge in [-0.15, -0.1) is 0 Å². The van der Waals surface area contributed by atoms with Gasteiger partial charge in [-0.25, -0.2) is 0 Å². The van der Waals surface area contributed by atoms with E-state index in [1.165, 1.54) is 49.8 Å². The van der Waals surface area contributed by atoms with E-state index >= 15 is 0 Å². The van der Waals surface area contributed by atoms with Crippen molar-refractivity contribution in [3.05, 3.63) is 11.3 Å². The third-order valence-electron chi connectivity index (χ3n) is 3.18. The Labute approximate surface area is 93.7 Å². The summed E-state index contributed by atoms with van der Waals surface area (Å²) in [6.07, 6.45) is 10.2. The maximum atomic E-state index is 5.94. The summed E-state index contributed by atoms with van der Waals surface area (Å²) >= 11 is 0. The molecule has 2 N–H and O–H groups in total. The molecule has 1 aliphatic carbocycles. The monoisotopic (exact) mass is 208 g/mol. The van der Waals surface area contributed by atoms with Gasteiger partial charge in [0.1, 0.15) is 0 Å². The minimum atomic E-state index is 0.969. The van der Waals surface area contributed by atoms with Crippen LogP contribution in [0, 0.1) is 0 Å². The van der Waals surface area contributed by atoms with Crippen molar-refractivity contribution >= 4 is 5.71 Å². The van der Waals surface area contributed by atoms with Crippen LogP contribution < -0.4 is 5.73 Å². The topological polar surface area (TPSA) is 38.4 Å². The van der Waals surface area contributed by atoms with E-state index in [2.05, 4.69) is 4.99 Å². The van der Waals surface area contributed by atoms with Crippen LogP contribution in [-0.4, -0.2) is 12.8 Å². The molecule has 0 spiro atoms. The molecule has 1 aliphatic rings. The fourth-order valence-corrected chi connectivity index (χ4v) is 2.27. The smallest absolute Gasteiger partial charge is 0.0393 e. The van der Waals surface area contributed by atoms with Crippen LogP contribution in [0.5, 0.6) is 0 Å². The van der Waals surface area contributed by atoms with Crippen molar-refractivity contribution in [2.75, 3.05) is 7.05 Å². The Kier molecular flexibility index (Phi) is 5.44. The van der Waals surface area contributed by atoms with Crippen LogP contribution in [0.15, 0.2) is 16.3 Å². The maximum absolute atomic E-state index is 5.94. The Bertz CT molecular complexity index is 247. The van der Waals surface area contributed by atoms with E-state index in [1.54, 1.807) is 0 Å². The van der Waals surface area contributed by atoms with Gasteiger partial charge in [0, 0.05) is 18.5 Å². The third kappa shape index (κ3) is 4.06. The SMILES string of the molecule is CN=C1CCCCCCCCC1=C(C)N. The van der Waals surface area contributed by atoms with Crippen molar-refractivity contribution in [1.82, 2.24) is 0 Å². The molecular weight excluding hydrogens is 184 g/mol. The van der Waals surface area contributed by atoms with Gasteiger partial charge < -0.3 is 5.73 Å². The first-order valence-electron chi connectivity index (χ1n) is 6.17. The predicted molar refractivity (Wildman–Crippen MR) is 67.2 cm³/mol. The Hall–Kier alpha value is -0.790. The van der Waals surface area contributed by atoms with Gasteiger partial charge in [0.2, 0.25) is 0 Å². The molecule has 0 heterocycles. The van der Waals surface area contributed by atoms with Crippen molar-refractivity contribution in [3.8, 4) is 0 Å². The van der Waals surface area contributed by atoms with Gasteiger partial charge in [-0.2, -0.15) is 0 Å². The first-order valence-corrected chi connectivity index (χ1v) is 6.17. The summed E-state index contributed by atoms with van der Waals surface area (Å²) in [7, 11) is 1.89. The fraction of sp³-hybridized carbons (Fsp3) is 0.769. The highest BCUT2D eigenvalue weighted by atomic mass is 14.7. The average molecular weight is 208 g/mol. The van der Waals surface area contributed by atoms with E-state index in [0.29, 0.717) is 0 Å². The van der Waals surface area contributed by atoms with Gasteiger partial charge in [0.05, 0.1) is 0 Å². The van der Waals surface area contributed by atoms with Crippen LogP contribution in [0.1, 0.15) is 58.3 Å². The summed E-state index contributed by atoms with van der Waals surface area (Å²) in [6.45, 7) is 2.01. The van der Waals surface area contributed by atoms with Gasteiger partial charge in [-0.05, 0) is 38.2 Å². The minimum Gasteiger partial charge on any atom is -0.402 e. The van der Waals surface area contributed by atoms with Crippen LogP contribution >= 0.6 is 0 Å². The number of hydrogen-bond donors (Lipinski definition) is 1. The van der Waals surface area contributed by atoms with Crippen molar-refractivity contribution in [3.63, 3.8) is 0 Å². The molecular formula is C13H24N2. The van der Waals surface area contributed by atoms with E-state index < -0.39 is 0 Å². The predicted octanol–water partition coefficient (Wildman–Crippen LogP) is 3.42. The van der Waals surface area contributed by atoms with Crippen molar-refractivity contribution in [2.24, 2.45) is 10.7 Å². The first-order chi connectivity index (χ1) is 7.25. The van der Waals surface area contributed by atoms with Crippen LogP contribution in [0.3, 0.4) is 0 Å². The first kappa shape index (κ1) is 12.3. The van der Waals surface area contributed by atoms with Crippen LogP contribution in [0.2, 0.25) is 0 Å². The van der Waals surface area contributed by atoms with Gasteiger partial charge in [0.15, 0.2) is 0 Å². The second-order valence-corrected chi connectivity index (χ2v) is 4.45. The maximum Gasteiger partial charge on any atom is 0.0393 e. The summed E-state index contributed by atoms with van der Waals surface area (Å²) < 4.78 is 0. The second kappa shape index (κ2) is 6.65. The van der Waals surface area contributed by atoms with E-state index in [-0.39, 0.29) is 0 Å². The highest BCUT2D eigenvalue weighted by molar-refractivity contribution is 6.00. The lowest BCUT2D eigenvalue weighted by atomic mass is 9.94. The lowest BCUT2D eigenvalue weighted by molar-refractivity contribution is 0.592. The van der Waals surface area contributed by atoms with E-state index in [1.807, 2.05) is 14.0 Å². The number of nitrogens with zero attached hydrogens (tertiary/aromatic N) is 1.